The summed E-state index contributed by atoms with van der Waals surface area (Å²) >= 11 is 12.1. The van der Waals surface area contributed by atoms with Gasteiger partial charge < -0.3 is 5.32 Å². The van der Waals surface area contributed by atoms with Crippen LogP contribution in [-0.2, 0) is 4.79 Å². The smallest absolute Gasteiger partial charge is 0.232 e. The van der Waals surface area contributed by atoms with Gasteiger partial charge in [0.15, 0.2) is 0 Å². The first-order valence-electron chi connectivity index (χ1n) is 5.95. The van der Waals surface area contributed by atoms with Gasteiger partial charge in [0.25, 0.3) is 0 Å². The van der Waals surface area contributed by atoms with Crippen LogP contribution in [-0.4, -0.2) is 5.91 Å². The molecule has 90 valence electrons. The maximum absolute atomic E-state index is 12.0. The van der Waals surface area contributed by atoms with Crippen molar-refractivity contribution >= 4 is 34.8 Å². The summed E-state index contributed by atoms with van der Waals surface area (Å²) < 4.78 is 0. The van der Waals surface area contributed by atoms with Gasteiger partial charge in [0, 0.05) is 5.02 Å². The van der Waals surface area contributed by atoms with Crippen molar-refractivity contribution in [1.29, 1.82) is 0 Å². The van der Waals surface area contributed by atoms with Gasteiger partial charge in [-0.3, -0.25) is 4.79 Å². The van der Waals surface area contributed by atoms with Crippen LogP contribution in [0.25, 0.3) is 0 Å². The number of amides is 1. The van der Waals surface area contributed by atoms with E-state index in [9.17, 15) is 4.79 Å². The van der Waals surface area contributed by atoms with Crippen LogP contribution in [0.1, 0.15) is 37.2 Å². The van der Waals surface area contributed by atoms with Gasteiger partial charge in [-0.1, -0.05) is 42.5 Å². The minimum Gasteiger partial charge on any atom is -0.324 e. The number of anilines is 1. The average Bonchev–Trinajstić information content (AvgIpc) is 2.49. The maximum Gasteiger partial charge on any atom is 0.232 e. The van der Waals surface area contributed by atoms with Crippen LogP contribution in [0.2, 0.25) is 10.0 Å². The molecule has 1 aliphatic heterocycles. The van der Waals surface area contributed by atoms with Crippen LogP contribution in [0.15, 0.2) is 12.1 Å². The molecule has 1 amide bonds. The molecule has 3 rings (SSSR count). The van der Waals surface area contributed by atoms with Gasteiger partial charge >= 0.3 is 0 Å². The molecule has 2 nitrogen and oxygen atoms in total. The number of rotatable bonds is 2. The average molecular weight is 270 g/mol. The highest BCUT2D eigenvalue weighted by Gasteiger charge is 2.35. The summed E-state index contributed by atoms with van der Waals surface area (Å²) in [6, 6.07) is 3.54. The molecular weight excluding hydrogens is 257 g/mol. The van der Waals surface area contributed by atoms with Crippen molar-refractivity contribution in [2.45, 2.75) is 31.6 Å². The zero-order valence-electron chi connectivity index (χ0n) is 9.30. The van der Waals surface area contributed by atoms with Gasteiger partial charge in [0.2, 0.25) is 5.91 Å². The Balaban J connectivity index is 1.94. The van der Waals surface area contributed by atoms with Gasteiger partial charge in [-0.05, 0) is 30.0 Å². The van der Waals surface area contributed by atoms with Crippen molar-refractivity contribution in [3.8, 4) is 0 Å². The Morgan fingerprint density at radius 1 is 1.29 bits per heavy atom. The molecule has 0 saturated heterocycles. The first-order chi connectivity index (χ1) is 8.15. The van der Waals surface area contributed by atoms with E-state index in [1.165, 1.54) is 19.3 Å². The summed E-state index contributed by atoms with van der Waals surface area (Å²) in [5, 5.41) is 4.01. The van der Waals surface area contributed by atoms with E-state index in [0.29, 0.717) is 16.0 Å². The summed E-state index contributed by atoms with van der Waals surface area (Å²) in [6.07, 6.45) is 4.71. The van der Waals surface area contributed by atoms with Gasteiger partial charge in [-0.15, -0.1) is 0 Å². The highest BCUT2D eigenvalue weighted by molar-refractivity contribution is 6.37. The third-order valence-electron chi connectivity index (χ3n) is 3.82. The van der Waals surface area contributed by atoms with Gasteiger partial charge in [0.05, 0.1) is 16.6 Å². The molecule has 17 heavy (non-hydrogen) atoms. The molecule has 1 unspecified atom stereocenters. The number of halogens is 2. The molecule has 2 aliphatic rings. The first-order valence-corrected chi connectivity index (χ1v) is 6.70. The lowest BCUT2D eigenvalue weighted by atomic mass is 9.77. The fraction of sp³-hybridized carbons (Fsp3) is 0.462. The number of benzene rings is 1. The van der Waals surface area contributed by atoms with Crippen LogP contribution in [0.4, 0.5) is 5.69 Å². The van der Waals surface area contributed by atoms with Crippen LogP contribution in [0, 0.1) is 5.92 Å². The van der Waals surface area contributed by atoms with E-state index in [4.69, 9.17) is 23.2 Å². The number of fused-ring (bicyclic) bond motifs is 1. The second-order valence-corrected chi connectivity index (χ2v) is 5.77. The monoisotopic (exact) mass is 269 g/mol. The van der Waals surface area contributed by atoms with Gasteiger partial charge in [-0.2, -0.15) is 0 Å². The molecule has 0 bridgehead atoms. The highest BCUT2D eigenvalue weighted by Crippen LogP contribution is 2.45. The second kappa shape index (κ2) is 4.18. The number of hydrogen-bond donors (Lipinski definition) is 1. The van der Waals surface area contributed by atoms with Crippen LogP contribution in [0.3, 0.4) is 0 Å². The fourth-order valence-electron chi connectivity index (χ4n) is 2.65. The largest absolute Gasteiger partial charge is 0.324 e. The predicted molar refractivity (Wildman–Crippen MR) is 69.8 cm³/mol. The Kier molecular flexibility index (Phi) is 2.80. The molecule has 1 atom stereocenters. The van der Waals surface area contributed by atoms with Crippen LogP contribution >= 0.6 is 23.2 Å². The van der Waals surface area contributed by atoms with E-state index in [1.807, 2.05) is 6.07 Å². The Bertz CT molecular complexity index is 483. The molecule has 1 N–H and O–H groups in total. The predicted octanol–water partition coefficient (Wildman–Crippen LogP) is 4.22. The van der Waals surface area contributed by atoms with Crippen molar-refractivity contribution in [2.75, 3.05) is 5.32 Å². The Labute approximate surface area is 110 Å². The molecule has 0 radical (unpaired) electrons. The molecule has 1 fully saturated rings. The van der Waals surface area contributed by atoms with Crippen molar-refractivity contribution in [3.63, 3.8) is 0 Å². The highest BCUT2D eigenvalue weighted by atomic mass is 35.5. The van der Waals surface area contributed by atoms with E-state index in [0.717, 1.165) is 17.7 Å². The van der Waals surface area contributed by atoms with E-state index in [2.05, 4.69) is 5.32 Å². The lowest BCUT2D eigenvalue weighted by Crippen LogP contribution is -2.19. The molecule has 4 heteroatoms. The van der Waals surface area contributed by atoms with Crippen LogP contribution in [0.5, 0.6) is 0 Å². The van der Waals surface area contributed by atoms with Gasteiger partial charge in [0.1, 0.15) is 0 Å². The standard InChI is InChI=1S/C13H13Cl2NO/c14-8-5-9-10(4-7-2-1-3-7)13(17)16-12(9)11(15)6-8/h5-7,10H,1-4H2,(H,16,17). The number of carbonyl (C=O) groups excluding carboxylic acids is 1. The molecule has 1 saturated carbocycles. The molecule has 1 aliphatic carbocycles. The quantitative estimate of drug-likeness (QED) is 0.856. The summed E-state index contributed by atoms with van der Waals surface area (Å²) in [5.74, 6) is 0.692. The third kappa shape index (κ3) is 1.94. The minimum atomic E-state index is -0.0634. The van der Waals surface area contributed by atoms with E-state index < -0.39 is 0 Å². The third-order valence-corrected chi connectivity index (χ3v) is 4.34. The first kappa shape index (κ1) is 11.4. The van der Waals surface area contributed by atoms with Gasteiger partial charge in [-0.25, -0.2) is 0 Å². The van der Waals surface area contributed by atoms with Crippen molar-refractivity contribution in [3.05, 3.63) is 27.7 Å². The Morgan fingerprint density at radius 2 is 2.06 bits per heavy atom. The summed E-state index contributed by atoms with van der Waals surface area (Å²) in [6.45, 7) is 0. The second-order valence-electron chi connectivity index (χ2n) is 4.93. The van der Waals surface area contributed by atoms with Crippen molar-refractivity contribution in [1.82, 2.24) is 0 Å². The summed E-state index contributed by atoms with van der Waals surface area (Å²) in [7, 11) is 0. The van der Waals surface area contributed by atoms with E-state index >= 15 is 0 Å². The van der Waals surface area contributed by atoms with Crippen molar-refractivity contribution < 1.29 is 4.79 Å². The Morgan fingerprint density at radius 3 is 2.71 bits per heavy atom. The lowest BCUT2D eigenvalue weighted by molar-refractivity contribution is -0.117. The van der Waals surface area contributed by atoms with Crippen LogP contribution < -0.4 is 5.32 Å². The van der Waals surface area contributed by atoms with E-state index in [1.54, 1.807) is 6.07 Å². The zero-order valence-corrected chi connectivity index (χ0v) is 10.8. The number of carbonyl (C=O) groups is 1. The molecule has 1 aromatic carbocycles. The normalized spacial score (nSPS) is 23.2. The minimum absolute atomic E-state index is 0.0634. The number of nitrogens with one attached hydrogen (secondary N) is 1. The summed E-state index contributed by atoms with van der Waals surface area (Å²) in [4.78, 5) is 12.0. The zero-order chi connectivity index (χ0) is 12.0. The molecule has 1 aromatic rings. The SMILES string of the molecule is O=C1Nc2c(Cl)cc(Cl)cc2C1CC1CCC1. The summed E-state index contributed by atoms with van der Waals surface area (Å²) in [5.41, 5.74) is 1.73. The topological polar surface area (TPSA) is 29.1 Å². The lowest BCUT2D eigenvalue weighted by Gasteiger charge is -2.27. The fourth-order valence-corrected chi connectivity index (χ4v) is 3.20. The molecule has 1 heterocycles. The van der Waals surface area contributed by atoms with E-state index in [-0.39, 0.29) is 11.8 Å². The number of hydrogen-bond acceptors (Lipinski definition) is 1. The molecular formula is C13H13Cl2NO. The molecule has 0 aromatic heterocycles. The maximum atomic E-state index is 12.0. The Hall–Kier alpha value is -0.730. The van der Waals surface area contributed by atoms with Crippen molar-refractivity contribution in [2.24, 2.45) is 5.92 Å². The molecule has 0 spiro atoms.